The van der Waals surface area contributed by atoms with Crippen LogP contribution in [0.4, 0.5) is 0 Å². The van der Waals surface area contributed by atoms with Gasteiger partial charge in [0.1, 0.15) is 11.1 Å². The molecule has 0 spiro atoms. The highest BCUT2D eigenvalue weighted by Gasteiger charge is 2.16. The predicted molar refractivity (Wildman–Crippen MR) is 66.5 cm³/mol. The fraction of sp³-hybridized carbons (Fsp3) is 0.308. The molecule has 4 heteroatoms. The van der Waals surface area contributed by atoms with Crippen molar-refractivity contribution in [3.63, 3.8) is 0 Å². The van der Waals surface area contributed by atoms with E-state index in [0.29, 0.717) is 0 Å². The van der Waals surface area contributed by atoms with E-state index >= 15 is 0 Å². The summed E-state index contributed by atoms with van der Waals surface area (Å²) in [6.07, 6.45) is 3.86. The number of hydrogen-bond acceptors (Lipinski definition) is 2. The van der Waals surface area contributed by atoms with Crippen molar-refractivity contribution >= 4 is 11.6 Å². The molecule has 3 nitrogen and oxygen atoms in total. The highest BCUT2D eigenvalue weighted by molar-refractivity contribution is 6.22. The van der Waals surface area contributed by atoms with Gasteiger partial charge in [0, 0.05) is 6.20 Å². The zero-order valence-electron chi connectivity index (χ0n) is 9.32. The molecule has 2 aromatic rings. The van der Waals surface area contributed by atoms with Crippen LogP contribution in [0.3, 0.4) is 0 Å². The Labute approximate surface area is 105 Å². The summed E-state index contributed by atoms with van der Waals surface area (Å²) in [6, 6.07) is 8.05. The Morgan fingerprint density at radius 2 is 2.29 bits per heavy atom. The molecule has 1 atom stereocenters. The van der Waals surface area contributed by atoms with Crippen molar-refractivity contribution in [2.24, 2.45) is 0 Å². The summed E-state index contributed by atoms with van der Waals surface area (Å²) in [4.78, 5) is 0. The largest absolute Gasteiger partial charge is 0.493 e. The van der Waals surface area contributed by atoms with E-state index in [1.165, 1.54) is 5.56 Å². The third kappa shape index (κ3) is 2.03. The van der Waals surface area contributed by atoms with Crippen LogP contribution in [0.1, 0.15) is 28.6 Å². The Hall–Kier alpha value is -1.48. The molecule has 2 heterocycles. The molecule has 88 valence electrons. The van der Waals surface area contributed by atoms with E-state index in [9.17, 15) is 0 Å². The number of aryl methyl sites for hydroxylation is 1. The average Bonchev–Trinajstić information content (AvgIpc) is 2.91. The van der Waals surface area contributed by atoms with Gasteiger partial charge in [0.05, 0.1) is 12.3 Å². The molecular weight excluding hydrogens is 236 g/mol. The Morgan fingerprint density at radius 1 is 1.35 bits per heavy atom. The Kier molecular flexibility index (Phi) is 2.77. The highest BCUT2D eigenvalue weighted by atomic mass is 35.5. The van der Waals surface area contributed by atoms with Crippen LogP contribution in [0.2, 0.25) is 0 Å². The standard InChI is InChI=1S/C13H13ClN2O/c14-13(11-5-6-15-16-11)10-3-4-12-9(8-10)2-1-7-17-12/h3-6,8,13H,1-2,7H2,(H,15,16). The first-order valence-corrected chi connectivity index (χ1v) is 6.17. The number of hydrogen-bond donors (Lipinski definition) is 1. The first-order chi connectivity index (χ1) is 8.34. The molecular formula is C13H13ClN2O. The van der Waals surface area contributed by atoms with Gasteiger partial charge in [0.25, 0.3) is 0 Å². The van der Waals surface area contributed by atoms with Gasteiger partial charge < -0.3 is 4.74 Å². The number of halogens is 1. The summed E-state index contributed by atoms with van der Waals surface area (Å²) in [5.41, 5.74) is 3.25. The SMILES string of the molecule is ClC(c1ccc2c(c1)CCCO2)c1ccn[nH]1. The lowest BCUT2D eigenvalue weighted by atomic mass is 10.0. The quantitative estimate of drug-likeness (QED) is 0.830. The molecule has 0 saturated heterocycles. The van der Waals surface area contributed by atoms with E-state index in [-0.39, 0.29) is 5.38 Å². The van der Waals surface area contributed by atoms with Crippen LogP contribution in [-0.4, -0.2) is 16.8 Å². The van der Waals surface area contributed by atoms with Crippen molar-refractivity contribution in [2.45, 2.75) is 18.2 Å². The Balaban J connectivity index is 1.93. The third-order valence-corrected chi connectivity index (χ3v) is 3.51. The van der Waals surface area contributed by atoms with Crippen molar-refractivity contribution in [1.29, 1.82) is 0 Å². The Morgan fingerprint density at radius 3 is 3.12 bits per heavy atom. The zero-order valence-corrected chi connectivity index (χ0v) is 10.1. The normalized spacial score (nSPS) is 16.1. The van der Waals surface area contributed by atoms with Gasteiger partial charge in [-0.15, -0.1) is 11.6 Å². The van der Waals surface area contributed by atoms with E-state index in [1.807, 2.05) is 18.2 Å². The fourth-order valence-electron chi connectivity index (χ4n) is 2.13. The molecule has 17 heavy (non-hydrogen) atoms. The second-order valence-corrected chi connectivity index (χ2v) is 4.63. The molecule has 3 rings (SSSR count). The molecule has 0 amide bonds. The molecule has 0 radical (unpaired) electrons. The number of ether oxygens (including phenoxy) is 1. The van der Waals surface area contributed by atoms with E-state index in [1.54, 1.807) is 6.20 Å². The molecule has 1 unspecified atom stereocenters. The maximum Gasteiger partial charge on any atom is 0.122 e. The van der Waals surface area contributed by atoms with E-state index in [4.69, 9.17) is 16.3 Å². The van der Waals surface area contributed by atoms with Crippen LogP contribution >= 0.6 is 11.6 Å². The van der Waals surface area contributed by atoms with Gasteiger partial charge >= 0.3 is 0 Å². The number of fused-ring (bicyclic) bond motifs is 1. The van der Waals surface area contributed by atoms with Gasteiger partial charge in [0.15, 0.2) is 0 Å². The summed E-state index contributed by atoms with van der Waals surface area (Å²) >= 11 is 6.40. The summed E-state index contributed by atoms with van der Waals surface area (Å²) in [6.45, 7) is 0.817. The van der Waals surface area contributed by atoms with Crippen LogP contribution in [0.5, 0.6) is 5.75 Å². The van der Waals surface area contributed by atoms with Crippen molar-refractivity contribution in [3.8, 4) is 5.75 Å². The molecule has 1 aromatic heterocycles. The Bertz CT molecular complexity index is 510. The molecule has 0 aliphatic carbocycles. The molecule has 1 aliphatic rings. The van der Waals surface area contributed by atoms with Crippen molar-refractivity contribution in [2.75, 3.05) is 6.61 Å². The van der Waals surface area contributed by atoms with Gasteiger partial charge in [-0.05, 0) is 36.1 Å². The molecule has 1 N–H and O–H groups in total. The minimum Gasteiger partial charge on any atom is -0.493 e. The highest BCUT2D eigenvalue weighted by Crippen LogP contribution is 2.32. The van der Waals surface area contributed by atoms with Gasteiger partial charge in [-0.3, -0.25) is 5.10 Å². The topological polar surface area (TPSA) is 37.9 Å². The molecule has 1 aromatic carbocycles. The molecule has 1 aliphatic heterocycles. The molecule has 0 saturated carbocycles. The molecule has 0 fully saturated rings. The lowest BCUT2D eigenvalue weighted by Gasteiger charge is -2.19. The van der Waals surface area contributed by atoms with Crippen LogP contribution in [0.25, 0.3) is 0 Å². The number of rotatable bonds is 2. The third-order valence-electron chi connectivity index (χ3n) is 3.02. The van der Waals surface area contributed by atoms with Crippen LogP contribution < -0.4 is 4.74 Å². The van der Waals surface area contributed by atoms with Crippen molar-refractivity contribution < 1.29 is 4.74 Å². The number of nitrogens with zero attached hydrogens (tertiary/aromatic N) is 1. The smallest absolute Gasteiger partial charge is 0.122 e. The fourth-order valence-corrected chi connectivity index (χ4v) is 2.38. The first kappa shape index (κ1) is 10.7. The number of H-pyrrole nitrogens is 1. The number of benzene rings is 1. The van der Waals surface area contributed by atoms with Gasteiger partial charge in [0.2, 0.25) is 0 Å². The van der Waals surface area contributed by atoms with Gasteiger partial charge in [-0.1, -0.05) is 12.1 Å². The van der Waals surface area contributed by atoms with E-state index < -0.39 is 0 Å². The number of alkyl halides is 1. The lowest BCUT2D eigenvalue weighted by molar-refractivity contribution is 0.288. The zero-order chi connectivity index (χ0) is 11.7. The summed E-state index contributed by atoms with van der Waals surface area (Å²) in [7, 11) is 0. The van der Waals surface area contributed by atoms with Crippen molar-refractivity contribution in [1.82, 2.24) is 10.2 Å². The summed E-state index contributed by atoms with van der Waals surface area (Å²) in [5, 5.41) is 6.65. The van der Waals surface area contributed by atoms with E-state index in [2.05, 4.69) is 16.3 Å². The number of aromatic amines is 1. The summed E-state index contributed by atoms with van der Waals surface area (Å²) in [5.74, 6) is 0.994. The monoisotopic (exact) mass is 248 g/mol. The predicted octanol–water partition coefficient (Wildman–Crippen LogP) is 3.06. The molecule has 0 bridgehead atoms. The average molecular weight is 249 g/mol. The number of nitrogens with one attached hydrogen (secondary N) is 1. The second kappa shape index (κ2) is 4.41. The van der Waals surface area contributed by atoms with Crippen molar-refractivity contribution in [3.05, 3.63) is 47.3 Å². The number of aromatic nitrogens is 2. The summed E-state index contributed by atoms with van der Waals surface area (Å²) < 4.78 is 5.59. The maximum atomic E-state index is 6.40. The second-order valence-electron chi connectivity index (χ2n) is 4.19. The minimum absolute atomic E-state index is 0.176. The van der Waals surface area contributed by atoms with Crippen LogP contribution in [0, 0.1) is 0 Å². The van der Waals surface area contributed by atoms with Gasteiger partial charge in [-0.25, -0.2) is 0 Å². The maximum absolute atomic E-state index is 6.40. The van der Waals surface area contributed by atoms with E-state index in [0.717, 1.165) is 36.5 Å². The van der Waals surface area contributed by atoms with Crippen LogP contribution in [-0.2, 0) is 6.42 Å². The first-order valence-electron chi connectivity index (χ1n) is 5.73. The lowest BCUT2D eigenvalue weighted by Crippen LogP contribution is -2.09. The minimum atomic E-state index is -0.176. The van der Waals surface area contributed by atoms with Crippen LogP contribution in [0.15, 0.2) is 30.5 Å². The van der Waals surface area contributed by atoms with Gasteiger partial charge in [-0.2, -0.15) is 5.10 Å².